The van der Waals surface area contributed by atoms with Crippen LogP contribution in [0, 0.1) is 0 Å². The maximum atomic E-state index is 2.44. The number of benzene rings is 1. The molecular weight excluding hydrogens is 196 g/mol. The van der Waals surface area contributed by atoms with Crippen molar-refractivity contribution in [2.45, 2.75) is 52.2 Å². The van der Waals surface area contributed by atoms with E-state index in [0.29, 0.717) is 5.92 Å². The van der Waals surface area contributed by atoms with Gasteiger partial charge in [0.15, 0.2) is 0 Å². The highest BCUT2D eigenvalue weighted by Crippen LogP contribution is 2.20. The molecule has 1 unspecified atom stereocenters. The first-order chi connectivity index (χ1) is 6.95. The molecule has 0 bridgehead atoms. The predicted octanol–water partition coefficient (Wildman–Crippen LogP) is 4.14. The third-order valence-corrected chi connectivity index (χ3v) is 5.09. The van der Waals surface area contributed by atoms with Crippen molar-refractivity contribution >= 4 is 13.3 Å². The van der Waals surface area contributed by atoms with Crippen LogP contribution in [0.4, 0.5) is 0 Å². The standard InChI is InChI=1S/C14H24Si/c1-6-8-12(2)13-9-7-10-14(11-13)15(3,4)5/h7,9-12H,6,8H2,1-5H3. The summed E-state index contributed by atoms with van der Waals surface area (Å²) in [5, 5.41) is 1.59. The molecule has 0 saturated carbocycles. The predicted molar refractivity (Wildman–Crippen MR) is 72.7 cm³/mol. The number of hydrogen-bond donors (Lipinski definition) is 0. The molecule has 1 rings (SSSR count). The Morgan fingerprint density at radius 3 is 2.40 bits per heavy atom. The van der Waals surface area contributed by atoms with E-state index >= 15 is 0 Å². The molecule has 0 aliphatic carbocycles. The van der Waals surface area contributed by atoms with E-state index in [9.17, 15) is 0 Å². The molecular formula is C14H24Si. The average Bonchev–Trinajstić information content (AvgIpc) is 2.17. The SMILES string of the molecule is CCCC(C)c1cccc([Si](C)(C)C)c1. The van der Waals surface area contributed by atoms with Gasteiger partial charge in [-0.15, -0.1) is 0 Å². The van der Waals surface area contributed by atoms with E-state index in [0.717, 1.165) is 0 Å². The Kier molecular flexibility index (Phi) is 4.15. The van der Waals surface area contributed by atoms with Crippen LogP contribution in [0.15, 0.2) is 24.3 Å². The summed E-state index contributed by atoms with van der Waals surface area (Å²) < 4.78 is 0. The molecule has 0 aliphatic heterocycles. The van der Waals surface area contributed by atoms with Crippen LogP contribution in [0.3, 0.4) is 0 Å². The lowest BCUT2D eigenvalue weighted by Crippen LogP contribution is -2.37. The lowest BCUT2D eigenvalue weighted by atomic mass is 9.97. The summed E-state index contributed by atoms with van der Waals surface area (Å²) in [7, 11) is -1.13. The summed E-state index contributed by atoms with van der Waals surface area (Å²) in [4.78, 5) is 0. The van der Waals surface area contributed by atoms with Gasteiger partial charge in [-0.3, -0.25) is 0 Å². The molecule has 0 spiro atoms. The summed E-state index contributed by atoms with van der Waals surface area (Å²) in [6.45, 7) is 11.8. The van der Waals surface area contributed by atoms with Crippen LogP contribution in [-0.4, -0.2) is 8.07 Å². The molecule has 0 amide bonds. The highest BCUT2D eigenvalue weighted by atomic mass is 28.3. The van der Waals surface area contributed by atoms with E-state index in [4.69, 9.17) is 0 Å². The molecule has 0 heterocycles. The van der Waals surface area contributed by atoms with Gasteiger partial charge in [-0.05, 0) is 17.9 Å². The Morgan fingerprint density at radius 2 is 1.87 bits per heavy atom. The van der Waals surface area contributed by atoms with Gasteiger partial charge in [0.25, 0.3) is 0 Å². The zero-order chi connectivity index (χ0) is 11.5. The largest absolute Gasteiger partial charge is 0.0776 e. The van der Waals surface area contributed by atoms with Crippen LogP contribution in [0.5, 0.6) is 0 Å². The monoisotopic (exact) mass is 220 g/mol. The first-order valence-electron chi connectivity index (χ1n) is 6.05. The highest BCUT2D eigenvalue weighted by Gasteiger charge is 2.17. The van der Waals surface area contributed by atoms with Crippen molar-refractivity contribution < 1.29 is 0 Å². The molecule has 1 aromatic carbocycles. The van der Waals surface area contributed by atoms with Crippen LogP contribution >= 0.6 is 0 Å². The second kappa shape index (κ2) is 4.98. The molecule has 0 nitrogen and oxygen atoms in total. The van der Waals surface area contributed by atoms with Crippen molar-refractivity contribution in [1.82, 2.24) is 0 Å². The Morgan fingerprint density at radius 1 is 1.20 bits per heavy atom. The Bertz CT molecular complexity index is 309. The van der Waals surface area contributed by atoms with Gasteiger partial charge in [-0.1, -0.05) is 69.4 Å². The fourth-order valence-electron chi connectivity index (χ4n) is 1.91. The first kappa shape index (κ1) is 12.5. The van der Waals surface area contributed by atoms with Crippen LogP contribution in [0.25, 0.3) is 0 Å². The van der Waals surface area contributed by atoms with Gasteiger partial charge in [-0.2, -0.15) is 0 Å². The van der Waals surface area contributed by atoms with E-state index in [-0.39, 0.29) is 0 Å². The zero-order valence-corrected chi connectivity index (χ0v) is 11.8. The fourth-order valence-corrected chi connectivity index (χ4v) is 3.11. The second-order valence-electron chi connectivity index (χ2n) is 5.57. The lowest BCUT2D eigenvalue weighted by Gasteiger charge is -2.19. The molecule has 15 heavy (non-hydrogen) atoms. The molecule has 0 radical (unpaired) electrons. The van der Waals surface area contributed by atoms with E-state index in [1.165, 1.54) is 18.4 Å². The Balaban J connectivity index is 2.92. The Hall–Kier alpha value is -0.563. The molecule has 1 atom stereocenters. The molecule has 1 aromatic rings. The topological polar surface area (TPSA) is 0 Å². The molecule has 0 fully saturated rings. The van der Waals surface area contributed by atoms with Crippen LogP contribution < -0.4 is 5.19 Å². The highest BCUT2D eigenvalue weighted by molar-refractivity contribution is 6.88. The minimum Gasteiger partial charge on any atom is -0.0656 e. The molecule has 0 aliphatic rings. The maximum absolute atomic E-state index is 2.44. The van der Waals surface area contributed by atoms with E-state index in [1.54, 1.807) is 5.19 Å². The summed E-state index contributed by atoms with van der Waals surface area (Å²) in [6, 6.07) is 9.25. The zero-order valence-electron chi connectivity index (χ0n) is 10.8. The van der Waals surface area contributed by atoms with Gasteiger partial charge in [0.2, 0.25) is 0 Å². The van der Waals surface area contributed by atoms with E-state index < -0.39 is 8.07 Å². The third-order valence-electron chi connectivity index (χ3n) is 3.04. The van der Waals surface area contributed by atoms with Crippen molar-refractivity contribution in [2.75, 3.05) is 0 Å². The maximum Gasteiger partial charge on any atom is 0.0776 e. The molecule has 1 heteroatoms. The fraction of sp³-hybridized carbons (Fsp3) is 0.571. The van der Waals surface area contributed by atoms with E-state index in [1.807, 2.05) is 0 Å². The van der Waals surface area contributed by atoms with Gasteiger partial charge in [0.05, 0.1) is 8.07 Å². The average molecular weight is 220 g/mol. The van der Waals surface area contributed by atoms with Crippen LogP contribution in [-0.2, 0) is 0 Å². The van der Waals surface area contributed by atoms with Gasteiger partial charge >= 0.3 is 0 Å². The second-order valence-corrected chi connectivity index (χ2v) is 10.6. The summed E-state index contributed by atoms with van der Waals surface area (Å²) >= 11 is 0. The quantitative estimate of drug-likeness (QED) is 0.669. The van der Waals surface area contributed by atoms with Crippen LogP contribution in [0.2, 0.25) is 19.6 Å². The van der Waals surface area contributed by atoms with Gasteiger partial charge < -0.3 is 0 Å². The minimum atomic E-state index is -1.13. The van der Waals surface area contributed by atoms with Crippen molar-refractivity contribution in [1.29, 1.82) is 0 Å². The van der Waals surface area contributed by atoms with Crippen molar-refractivity contribution in [3.05, 3.63) is 29.8 Å². The smallest absolute Gasteiger partial charge is 0.0656 e. The normalized spacial score (nSPS) is 13.9. The summed E-state index contributed by atoms with van der Waals surface area (Å²) in [5.74, 6) is 0.714. The third kappa shape index (κ3) is 3.49. The molecule has 84 valence electrons. The van der Waals surface area contributed by atoms with E-state index in [2.05, 4.69) is 57.8 Å². The lowest BCUT2D eigenvalue weighted by molar-refractivity contribution is 0.665. The Labute approximate surface area is 95.7 Å². The number of hydrogen-bond acceptors (Lipinski definition) is 0. The molecule has 0 saturated heterocycles. The van der Waals surface area contributed by atoms with Crippen molar-refractivity contribution in [2.24, 2.45) is 0 Å². The van der Waals surface area contributed by atoms with Gasteiger partial charge in [0.1, 0.15) is 0 Å². The summed E-state index contributed by atoms with van der Waals surface area (Å²) in [6.07, 6.45) is 2.58. The van der Waals surface area contributed by atoms with Crippen LogP contribution in [0.1, 0.15) is 38.2 Å². The number of rotatable bonds is 4. The first-order valence-corrected chi connectivity index (χ1v) is 9.55. The molecule has 0 N–H and O–H groups in total. The van der Waals surface area contributed by atoms with Gasteiger partial charge in [0, 0.05) is 0 Å². The molecule has 0 aromatic heterocycles. The minimum absolute atomic E-state index is 0.714. The van der Waals surface area contributed by atoms with Gasteiger partial charge in [-0.25, -0.2) is 0 Å². The van der Waals surface area contributed by atoms with Crippen molar-refractivity contribution in [3.8, 4) is 0 Å². The van der Waals surface area contributed by atoms with Crippen molar-refractivity contribution in [3.63, 3.8) is 0 Å². The summed E-state index contributed by atoms with van der Waals surface area (Å²) in [5.41, 5.74) is 1.52.